The lowest BCUT2D eigenvalue weighted by atomic mass is 10.1. The van der Waals surface area contributed by atoms with Gasteiger partial charge in [0.2, 0.25) is 0 Å². The molecule has 0 radical (unpaired) electrons. The molecule has 1 aromatic heterocycles. The quantitative estimate of drug-likeness (QED) is 0.854. The minimum atomic E-state index is -0.533. The van der Waals surface area contributed by atoms with Crippen molar-refractivity contribution in [2.45, 2.75) is 26.0 Å². The summed E-state index contributed by atoms with van der Waals surface area (Å²) in [5, 5.41) is 10.2. The van der Waals surface area contributed by atoms with Crippen molar-refractivity contribution in [2.75, 3.05) is 20.2 Å². The van der Waals surface area contributed by atoms with Crippen LogP contribution >= 0.6 is 0 Å². The summed E-state index contributed by atoms with van der Waals surface area (Å²) in [7, 11) is 2.00. The van der Waals surface area contributed by atoms with Crippen molar-refractivity contribution in [1.82, 2.24) is 9.88 Å². The van der Waals surface area contributed by atoms with Gasteiger partial charge in [-0.2, -0.15) is 0 Å². The highest BCUT2D eigenvalue weighted by atomic mass is 16.5. The van der Waals surface area contributed by atoms with Gasteiger partial charge >= 0.3 is 0 Å². The molecule has 2 aromatic rings. The average molecular weight is 300 g/mol. The van der Waals surface area contributed by atoms with Crippen LogP contribution in [0.4, 0.5) is 0 Å². The van der Waals surface area contributed by atoms with Gasteiger partial charge in [0.15, 0.2) is 0 Å². The van der Waals surface area contributed by atoms with Gasteiger partial charge in [0.1, 0.15) is 18.5 Å². The maximum absolute atomic E-state index is 10.2. The summed E-state index contributed by atoms with van der Waals surface area (Å²) in [6.45, 7) is 4.96. The Balaban J connectivity index is 1.84. The number of para-hydroxylation sites is 1. The molecule has 0 spiro atoms. The molecule has 4 heteroatoms. The van der Waals surface area contributed by atoms with Crippen LogP contribution in [0.2, 0.25) is 0 Å². The first-order chi connectivity index (χ1) is 10.6. The lowest BCUT2D eigenvalue weighted by Gasteiger charge is -2.27. The van der Waals surface area contributed by atoms with Gasteiger partial charge in [-0.25, -0.2) is 0 Å². The predicted molar refractivity (Wildman–Crippen MR) is 88.0 cm³/mol. The van der Waals surface area contributed by atoms with Gasteiger partial charge < -0.3 is 9.84 Å². The van der Waals surface area contributed by atoms with E-state index < -0.39 is 6.10 Å². The minimum Gasteiger partial charge on any atom is -0.491 e. The number of aliphatic hydroxyl groups is 1. The van der Waals surface area contributed by atoms with Crippen molar-refractivity contribution >= 4 is 0 Å². The third-order valence-electron chi connectivity index (χ3n) is 3.87. The van der Waals surface area contributed by atoms with Gasteiger partial charge in [-0.15, -0.1) is 0 Å². The van der Waals surface area contributed by atoms with Crippen molar-refractivity contribution in [3.8, 4) is 5.75 Å². The molecule has 2 unspecified atom stereocenters. The Labute approximate surface area is 132 Å². The van der Waals surface area contributed by atoms with Crippen LogP contribution in [0.25, 0.3) is 0 Å². The normalized spacial score (nSPS) is 13.9. The number of aliphatic hydroxyl groups excluding tert-OH is 1. The summed E-state index contributed by atoms with van der Waals surface area (Å²) in [6, 6.07) is 12.0. The number of hydrogen-bond acceptors (Lipinski definition) is 4. The first-order valence-corrected chi connectivity index (χ1v) is 7.54. The van der Waals surface area contributed by atoms with Crippen molar-refractivity contribution in [1.29, 1.82) is 0 Å². The van der Waals surface area contributed by atoms with E-state index in [0.717, 1.165) is 11.3 Å². The highest BCUT2D eigenvalue weighted by Gasteiger charge is 2.16. The molecule has 0 fully saturated rings. The fourth-order valence-electron chi connectivity index (χ4n) is 2.34. The molecule has 0 amide bonds. The van der Waals surface area contributed by atoms with Gasteiger partial charge in [0.05, 0.1) is 0 Å². The van der Waals surface area contributed by atoms with E-state index >= 15 is 0 Å². The van der Waals surface area contributed by atoms with E-state index in [1.54, 1.807) is 12.4 Å². The van der Waals surface area contributed by atoms with Gasteiger partial charge in [0, 0.05) is 25.0 Å². The molecular weight excluding hydrogens is 276 g/mol. The predicted octanol–water partition coefficient (Wildman–Crippen LogP) is 2.82. The van der Waals surface area contributed by atoms with E-state index in [-0.39, 0.29) is 12.6 Å². The Bertz CT molecular complexity index is 574. The second-order valence-corrected chi connectivity index (χ2v) is 5.63. The van der Waals surface area contributed by atoms with E-state index in [9.17, 15) is 5.11 Å². The highest BCUT2D eigenvalue weighted by Crippen LogP contribution is 2.19. The Hall–Kier alpha value is -1.91. The number of likely N-dealkylation sites (N-methyl/N-ethyl adjacent to an activating group) is 1. The molecule has 118 valence electrons. The van der Waals surface area contributed by atoms with Crippen LogP contribution in [0.15, 0.2) is 48.8 Å². The highest BCUT2D eigenvalue weighted by molar-refractivity contribution is 5.31. The summed E-state index contributed by atoms with van der Waals surface area (Å²) in [5.41, 5.74) is 2.26. The van der Waals surface area contributed by atoms with Crippen molar-refractivity contribution in [3.63, 3.8) is 0 Å². The average Bonchev–Trinajstić information content (AvgIpc) is 2.54. The van der Waals surface area contributed by atoms with Crippen LogP contribution in [0.1, 0.15) is 24.1 Å². The largest absolute Gasteiger partial charge is 0.491 e. The monoisotopic (exact) mass is 300 g/mol. The van der Waals surface area contributed by atoms with Crippen LogP contribution in [0, 0.1) is 6.92 Å². The molecule has 22 heavy (non-hydrogen) atoms. The molecule has 2 atom stereocenters. The topological polar surface area (TPSA) is 45.6 Å². The molecule has 1 heterocycles. The number of aromatic nitrogens is 1. The summed E-state index contributed by atoms with van der Waals surface area (Å²) >= 11 is 0. The smallest absolute Gasteiger partial charge is 0.122 e. The second-order valence-electron chi connectivity index (χ2n) is 5.63. The van der Waals surface area contributed by atoms with Crippen LogP contribution in [0.5, 0.6) is 5.75 Å². The van der Waals surface area contributed by atoms with E-state index in [0.29, 0.717) is 6.54 Å². The Morgan fingerprint density at radius 1 is 1.18 bits per heavy atom. The summed E-state index contributed by atoms with van der Waals surface area (Å²) in [5.74, 6) is 0.825. The third kappa shape index (κ3) is 4.55. The lowest BCUT2D eigenvalue weighted by molar-refractivity contribution is 0.0651. The van der Waals surface area contributed by atoms with E-state index in [2.05, 4.69) is 16.8 Å². The molecular formula is C18H24N2O2. The van der Waals surface area contributed by atoms with Gasteiger partial charge in [-0.05, 0) is 50.2 Å². The summed E-state index contributed by atoms with van der Waals surface area (Å²) < 4.78 is 5.70. The third-order valence-corrected chi connectivity index (χ3v) is 3.87. The standard InChI is InChI=1S/C18H24N2O2/c1-14-6-4-5-7-18(14)22-13-17(21)12-20(3)15(2)16-8-10-19-11-9-16/h4-11,15,17,21H,12-13H2,1-3H3. The number of hydrogen-bond donors (Lipinski definition) is 1. The van der Waals surface area contributed by atoms with E-state index in [1.165, 1.54) is 5.56 Å². The van der Waals surface area contributed by atoms with E-state index in [4.69, 9.17) is 4.74 Å². The number of nitrogens with zero attached hydrogens (tertiary/aromatic N) is 2. The van der Waals surface area contributed by atoms with Crippen molar-refractivity contribution in [3.05, 3.63) is 59.9 Å². The number of ether oxygens (including phenoxy) is 1. The minimum absolute atomic E-state index is 0.219. The van der Waals surface area contributed by atoms with Crippen LogP contribution in [-0.4, -0.2) is 41.3 Å². The molecule has 0 aliphatic heterocycles. The Morgan fingerprint density at radius 2 is 1.86 bits per heavy atom. The number of aryl methyl sites for hydroxylation is 1. The van der Waals surface area contributed by atoms with Crippen molar-refractivity contribution < 1.29 is 9.84 Å². The zero-order chi connectivity index (χ0) is 15.9. The second kappa shape index (κ2) is 7.92. The van der Waals surface area contributed by atoms with Gasteiger partial charge in [-0.1, -0.05) is 18.2 Å². The molecule has 0 aliphatic rings. The van der Waals surface area contributed by atoms with Gasteiger partial charge in [0.25, 0.3) is 0 Å². The fourth-order valence-corrected chi connectivity index (χ4v) is 2.34. The SMILES string of the molecule is Cc1ccccc1OCC(O)CN(C)C(C)c1ccncc1. The molecule has 0 saturated carbocycles. The lowest BCUT2D eigenvalue weighted by Crippen LogP contribution is -2.34. The van der Waals surface area contributed by atoms with Crippen LogP contribution < -0.4 is 4.74 Å². The van der Waals surface area contributed by atoms with E-state index in [1.807, 2.05) is 50.4 Å². The molecule has 0 aliphatic carbocycles. The molecule has 0 bridgehead atoms. The summed E-state index contributed by atoms with van der Waals surface area (Å²) in [4.78, 5) is 6.14. The zero-order valence-electron chi connectivity index (χ0n) is 13.4. The molecule has 1 N–H and O–H groups in total. The fraction of sp³-hybridized carbons (Fsp3) is 0.389. The number of rotatable bonds is 7. The molecule has 1 aromatic carbocycles. The van der Waals surface area contributed by atoms with Gasteiger partial charge in [-0.3, -0.25) is 9.88 Å². The maximum Gasteiger partial charge on any atom is 0.122 e. The summed E-state index contributed by atoms with van der Waals surface area (Å²) in [6.07, 6.45) is 3.04. The zero-order valence-corrected chi connectivity index (χ0v) is 13.4. The Morgan fingerprint density at radius 3 is 2.55 bits per heavy atom. The van der Waals surface area contributed by atoms with Crippen molar-refractivity contribution in [2.24, 2.45) is 0 Å². The van der Waals surface area contributed by atoms with Crippen LogP contribution in [0.3, 0.4) is 0 Å². The molecule has 0 saturated heterocycles. The number of benzene rings is 1. The number of pyridine rings is 1. The maximum atomic E-state index is 10.2. The molecule has 2 rings (SSSR count). The Kier molecular flexibility index (Phi) is 5.92. The van der Waals surface area contributed by atoms with Crippen LogP contribution in [-0.2, 0) is 0 Å². The first kappa shape index (κ1) is 16.5. The molecule has 4 nitrogen and oxygen atoms in total. The first-order valence-electron chi connectivity index (χ1n) is 7.54.